The van der Waals surface area contributed by atoms with E-state index in [1.807, 2.05) is 0 Å². The van der Waals surface area contributed by atoms with Crippen LogP contribution < -0.4 is 0 Å². The van der Waals surface area contributed by atoms with Crippen LogP contribution in [0, 0.1) is 6.92 Å². The van der Waals surface area contributed by atoms with Crippen molar-refractivity contribution in [1.29, 1.82) is 0 Å². The molecule has 0 rings (SSSR count). The summed E-state index contributed by atoms with van der Waals surface area (Å²) in [5, 5.41) is 0. The highest BCUT2D eigenvalue weighted by Crippen LogP contribution is 2.08. The second-order valence-electron chi connectivity index (χ2n) is 1.91. The minimum absolute atomic E-state index is 0.104. The molecule has 0 N–H and O–H groups in total. The van der Waals surface area contributed by atoms with E-state index in [2.05, 4.69) is 6.92 Å². The van der Waals surface area contributed by atoms with Gasteiger partial charge in [-0.2, -0.15) is 8.78 Å². The Bertz CT molecular complexity index is 80.1. The van der Waals surface area contributed by atoms with Crippen LogP contribution in [-0.4, -0.2) is 16.1 Å². The first-order valence-electron chi connectivity index (χ1n) is 3.13. The first-order chi connectivity index (χ1) is 4.68. The van der Waals surface area contributed by atoms with Crippen LogP contribution in [0.2, 0.25) is 0 Å². The van der Waals surface area contributed by atoms with E-state index in [0.29, 0.717) is 6.42 Å². The zero-order valence-corrected chi connectivity index (χ0v) is 6.50. The van der Waals surface area contributed by atoms with Crippen molar-refractivity contribution in [2.45, 2.75) is 25.0 Å². The molecule has 61 valence electrons. The van der Waals surface area contributed by atoms with Crippen molar-refractivity contribution in [3.8, 4) is 0 Å². The maximum absolute atomic E-state index is 11.5. The molecule has 1 unspecified atom stereocenters. The monoisotopic (exact) mass is 169 g/mol. The summed E-state index contributed by atoms with van der Waals surface area (Å²) in [4.78, 5) is 0. The van der Waals surface area contributed by atoms with Gasteiger partial charge in [0.05, 0.1) is 0 Å². The van der Waals surface area contributed by atoms with Gasteiger partial charge in [0.1, 0.15) is 5.75 Å². The van der Waals surface area contributed by atoms with Gasteiger partial charge in [-0.15, -0.1) is 0 Å². The normalized spacial score (nSPS) is 14.1. The van der Waals surface area contributed by atoms with Gasteiger partial charge in [-0.05, 0) is 12.8 Å². The summed E-state index contributed by atoms with van der Waals surface area (Å²) in [6.07, 6.45) is 2.08. The number of rotatable bonds is 5. The lowest BCUT2D eigenvalue weighted by Gasteiger charge is -2.07. The molecule has 10 heavy (non-hydrogen) atoms. The molecule has 0 saturated carbocycles. The number of hydrogen-bond acceptors (Lipinski definition) is 1. The Labute approximate surface area is 63.0 Å². The molecule has 1 nitrogen and oxygen atoms in total. The number of hydrogen-bond donors (Lipinski definition) is 0. The van der Waals surface area contributed by atoms with E-state index >= 15 is 0 Å². The molecule has 0 aliphatic heterocycles. The standard InChI is InChI=1S/C6H11F2OS/c1-2-3-4-5-10(9)6(7)8/h6H,1-5H2. The molecule has 0 spiro atoms. The van der Waals surface area contributed by atoms with E-state index in [1.54, 1.807) is 0 Å². The smallest absolute Gasteiger partial charge is 0.397 e. The first kappa shape index (κ1) is 10.2. The predicted octanol–water partition coefficient (Wildman–Crippen LogP) is 1.96. The Morgan fingerprint density at radius 1 is 1.40 bits per heavy atom. The van der Waals surface area contributed by atoms with E-state index in [4.69, 9.17) is 0 Å². The molecule has 0 fully saturated rings. The molecule has 0 aromatic rings. The van der Waals surface area contributed by atoms with Crippen molar-refractivity contribution in [3.05, 3.63) is 6.92 Å². The van der Waals surface area contributed by atoms with Gasteiger partial charge >= 0.3 is 5.76 Å². The van der Waals surface area contributed by atoms with Gasteiger partial charge in [0, 0.05) is 11.2 Å². The summed E-state index contributed by atoms with van der Waals surface area (Å²) in [5.74, 6) is -2.57. The van der Waals surface area contributed by atoms with Crippen LogP contribution in [0.3, 0.4) is 0 Å². The van der Waals surface area contributed by atoms with Crippen molar-refractivity contribution in [1.82, 2.24) is 0 Å². The second-order valence-corrected chi connectivity index (χ2v) is 3.43. The molecule has 1 radical (unpaired) electrons. The fraction of sp³-hybridized carbons (Fsp3) is 0.833. The van der Waals surface area contributed by atoms with Gasteiger partial charge < -0.3 is 4.55 Å². The molecule has 0 aromatic heterocycles. The zero-order chi connectivity index (χ0) is 7.98. The van der Waals surface area contributed by atoms with Crippen molar-refractivity contribution in [2.75, 3.05) is 5.75 Å². The molecular formula is C6H11F2OS. The van der Waals surface area contributed by atoms with E-state index in [-0.39, 0.29) is 5.75 Å². The molecule has 0 aromatic carbocycles. The molecule has 0 bridgehead atoms. The third-order valence-corrected chi connectivity index (χ3v) is 2.13. The largest absolute Gasteiger partial charge is 0.612 e. The van der Waals surface area contributed by atoms with Crippen LogP contribution in [0.4, 0.5) is 8.78 Å². The molecular weight excluding hydrogens is 158 g/mol. The fourth-order valence-electron chi connectivity index (χ4n) is 0.510. The van der Waals surface area contributed by atoms with E-state index in [0.717, 1.165) is 12.8 Å². The SMILES string of the molecule is [CH2]CCCC[S+]([O-])C(F)F. The van der Waals surface area contributed by atoms with Gasteiger partial charge in [0.2, 0.25) is 0 Å². The highest BCUT2D eigenvalue weighted by molar-refractivity contribution is 7.91. The average molecular weight is 169 g/mol. The summed E-state index contributed by atoms with van der Waals surface area (Å²) < 4.78 is 33.4. The van der Waals surface area contributed by atoms with Crippen LogP contribution in [0.5, 0.6) is 0 Å². The molecule has 1 atom stereocenters. The minimum Gasteiger partial charge on any atom is -0.612 e. The summed E-state index contributed by atoms with van der Waals surface area (Å²) in [6, 6.07) is 0. The molecule has 0 saturated heterocycles. The molecule has 0 heterocycles. The maximum atomic E-state index is 11.5. The average Bonchev–Trinajstić information content (AvgIpc) is 1.88. The van der Waals surface area contributed by atoms with Crippen LogP contribution in [0.15, 0.2) is 0 Å². The fourth-order valence-corrected chi connectivity index (χ4v) is 1.18. The van der Waals surface area contributed by atoms with Gasteiger partial charge in [0.15, 0.2) is 0 Å². The molecule has 0 amide bonds. The van der Waals surface area contributed by atoms with Gasteiger partial charge in [0.25, 0.3) is 0 Å². The lowest BCUT2D eigenvalue weighted by molar-refractivity contribution is 0.234. The third kappa shape index (κ3) is 4.99. The number of halogens is 2. The molecule has 4 heteroatoms. The van der Waals surface area contributed by atoms with Gasteiger partial charge in [-0.3, -0.25) is 0 Å². The van der Waals surface area contributed by atoms with E-state index < -0.39 is 16.9 Å². The predicted molar refractivity (Wildman–Crippen MR) is 38.2 cm³/mol. The van der Waals surface area contributed by atoms with Gasteiger partial charge in [-0.1, -0.05) is 13.3 Å². The first-order valence-corrected chi connectivity index (χ1v) is 4.51. The van der Waals surface area contributed by atoms with Crippen molar-refractivity contribution in [2.24, 2.45) is 0 Å². The van der Waals surface area contributed by atoms with E-state index in [9.17, 15) is 13.3 Å². The van der Waals surface area contributed by atoms with Crippen LogP contribution in [0.1, 0.15) is 19.3 Å². The number of alkyl halides is 2. The Balaban J connectivity index is 3.13. The topological polar surface area (TPSA) is 23.1 Å². The Kier molecular flexibility index (Phi) is 6.02. The van der Waals surface area contributed by atoms with Gasteiger partial charge in [-0.25, -0.2) is 0 Å². The summed E-state index contributed by atoms with van der Waals surface area (Å²) in [6.45, 7) is 3.54. The molecule has 0 aliphatic carbocycles. The van der Waals surface area contributed by atoms with E-state index in [1.165, 1.54) is 0 Å². The lowest BCUT2D eigenvalue weighted by atomic mass is 10.3. The second kappa shape index (κ2) is 5.92. The third-order valence-electron chi connectivity index (χ3n) is 1.04. The number of unbranched alkanes of at least 4 members (excludes halogenated alkanes) is 2. The molecule has 0 aliphatic rings. The van der Waals surface area contributed by atoms with Crippen LogP contribution in [-0.2, 0) is 11.2 Å². The van der Waals surface area contributed by atoms with Crippen molar-refractivity contribution < 1.29 is 13.3 Å². The summed E-state index contributed by atoms with van der Waals surface area (Å²) in [7, 11) is 0. The maximum Gasteiger partial charge on any atom is 0.397 e. The highest BCUT2D eigenvalue weighted by atomic mass is 32.2. The summed E-state index contributed by atoms with van der Waals surface area (Å²) in [5.41, 5.74) is 0. The lowest BCUT2D eigenvalue weighted by Crippen LogP contribution is -2.15. The Hall–Kier alpha value is 0.170. The zero-order valence-electron chi connectivity index (χ0n) is 5.69. The van der Waals surface area contributed by atoms with Crippen molar-refractivity contribution >= 4 is 11.2 Å². The van der Waals surface area contributed by atoms with Crippen LogP contribution >= 0.6 is 0 Å². The Morgan fingerprint density at radius 2 is 2.00 bits per heavy atom. The highest BCUT2D eigenvalue weighted by Gasteiger charge is 2.17. The van der Waals surface area contributed by atoms with Crippen LogP contribution in [0.25, 0.3) is 0 Å². The minimum atomic E-state index is -2.68. The van der Waals surface area contributed by atoms with Crippen molar-refractivity contribution in [3.63, 3.8) is 0 Å². The Morgan fingerprint density at radius 3 is 2.40 bits per heavy atom. The quantitative estimate of drug-likeness (QED) is 0.455. The summed E-state index contributed by atoms with van der Waals surface area (Å²) >= 11 is -1.93.